The van der Waals surface area contributed by atoms with E-state index in [-0.39, 0.29) is 18.2 Å². The van der Waals surface area contributed by atoms with E-state index in [9.17, 15) is 9.59 Å². The molecule has 0 bridgehead atoms. The van der Waals surface area contributed by atoms with Gasteiger partial charge in [-0.25, -0.2) is 0 Å². The van der Waals surface area contributed by atoms with Crippen LogP contribution in [0, 0.1) is 0 Å². The van der Waals surface area contributed by atoms with Gasteiger partial charge in [0.2, 0.25) is 5.91 Å². The number of methoxy groups -OCH3 is 1. The number of halogens is 2. The summed E-state index contributed by atoms with van der Waals surface area (Å²) in [6.45, 7) is 5.63. The molecule has 2 amide bonds. The van der Waals surface area contributed by atoms with E-state index in [1.54, 1.807) is 18.2 Å². The third-order valence-electron chi connectivity index (χ3n) is 6.69. The fourth-order valence-electron chi connectivity index (χ4n) is 4.58. The molecule has 2 heterocycles. The summed E-state index contributed by atoms with van der Waals surface area (Å²) >= 11 is 15.5. The van der Waals surface area contributed by atoms with Crippen molar-refractivity contribution in [3.05, 3.63) is 52.0 Å². The summed E-state index contributed by atoms with van der Waals surface area (Å²) in [5.41, 5.74) is 1.22. The Labute approximate surface area is 236 Å². The molecule has 2 fully saturated rings. The van der Waals surface area contributed by atoms with Crippen molar-refractivity contribution in [3.8, 4) is 5.75 Å². The largest absolute Gasteiger partial charge is 0.495 e. The molecule has 8 nitrogen and oxygen atoms in total. The first kappa shape index (κ1) is 27.8. The normalized spacial score (nSPS) is 19.0. The van der Waals surface area contributed by atoms with Gasteiger partial charge in [-0.3, -0.25) is 14.5 Å². The number of thiocarbonyl (C=S) groups is 1. The van der Waals surface area contributed by atoms with E-state index < -0.39 is 6.04 Å². The highest BCUT2D eigenvalue weighted by molar-refractivity contribution is 9.10. The third kappa shape index (κ3) is 6.80. The van der Waals surface area contributed by atoms with E-state index in [2.05, 4.69) is 38.1 Å². The molecule has 198 valence electrons. The van der Waals surface area contributed by atoms with Crippen molar-refractivity contribution >= 4 is 68.1 Å². The van der Waals surface area contributed by atoms with Crippen LogP contribution in [0.4, 0.5) is 11.4 Å². The maximum atomic E-state index is 13.6. The summed E-state index contributed by atoms with van der Waals surface area (Å²) < 4.78 is 6.17. The van der Waals surface area contributed by atoms with Gasteiger partial charge >= 0.3 is 0 Å². The van der Waals surface area contributed by atoms with E-state index in [0.29, 0.717) is 33.8 Å². The molecule has 2 aliphatic rings. The lowest BCUT2D eigenvalue weighted by molar-refractivity contribution is -0.124. The predicted molar refractivity (Wildman–Crippen MR) is 155 cm³/mol. The average Bonchev–Trinajstić information content (AvgIpc) is 3.10. The smallest absolute Gasteiger partial charge is 0.256 e. The molecular formula is C26H31BrClN5O3S. The number of piperazine rings is 1. The molecule has 1 atom stereocenters. The second kappa shape index (κ2) is 12.5. The number of anilines is 2. The van der Waals surface area contributed by atoms with Gasteiger partial charge in [0.25, 0.3) is 5.91 Å². The summed E-state index contributed by atoms with van der Waals surface area (Å²) in [4.78, 5) is 34.7. The molecule has 0 spiro atoms. The van der Waals surface area contributed by atoms with Crippen molar-refractivity contribution in [1.82, 2.24) is 14.7 Å². The number of likely N-dealkylation sites (N-methyl/N-ethyl adjacent to an activating group) is 1. The summed E-state index contributed by atoms with van der Waals surface area (Å²) in [5.74, 6) is 0.0244. The molecule has 2 aromatic carbocycles. The topological polar surface area (TPSA) is 68.4 Å². The van der Waals surface area contributed by atoms with Crippen molar-refractivity contribution in [2.45, 2.75) is 18.9 Å². The SMILES string of the molecule is COc1ccc(N2C(=O)C(CC(=O)Nc3ccc(Br)cc3)N(CCCN3CCN(C)CC3)C2=S)cc1Cl. The number of nitrogens with zero attached hydrogens (tertiary/aromatic N) is 4. The lowest BCUT2D eigenvalue weighted by atomic mass is 10.1. The minimum Gasteiger partial charge on any atom is -0.495 e. The van der Waals surface area contributed by atoms with Gasteiger partial charge in [0.15, 0.2) is 5.11 Å². The lowest BCUT2D eigenvalue weighted by Crippen LogP contribution is -2.45. The number of ether oxygens (including phenoxy) is 1. The van der Waals surface area contributed by atoms with Gasteiger partial charge in [-0.1, -0.05) is 27.5 Å². The van der Waals surface area contributed by atoms with Crippen LogP contribution in [0.3, 0.4) is 0 Å². The Hall–Kier alpha value is -2.24. The Morgan fingerprint density at radius 2 is 1.84 bits per heavy atom. The predicted octanol–water partition coefficient (Wildman–Crippen LogP) is 4.08. The first-order valence-corrected chi connectivity index (χ1v) is 13.8. The molecule has 0 saturated carbocycles. The molecule has 11 heteroatoms. The van der Waals surface area contributed by atoms with Crippen molar-refractivity contribution in [2.24, 2.45) is 0 Å². The van der Waals surface area contributed by atoms with Crippen LogP contribution < -0.4 is 15.0 Å². The van der Waals surface area contributed by atoms with Gasteiger partial charge in [-0.15, -0.1) is 0 Å². The number of nitrogens with one attached hydrogen (secondary N) is 1. The molecule has 4 rings (SSSR count). The van der Waals surface area contributed by atoms with Gasteiger partial charge < -0.3 is 24.8 Å². The number of benzene rings is 2. The van der Waals surface area contributed by atoms with Gasteiger partial charge in [0.05, 0.1) is 24.2 Å². The quantitative estimate of drug-likeness (QED) is 0.431. The number of amides is 2. The Bertz CT molecular complexity index is 1140. The minimum atomic E-state index is -0.698. The van der Waals surface area contributed by atoms with Gasteiger partial charge in [-0.2, -0.15) is 0 Å². The van der Waals surface area contributed by atoms with E-state index in [1.165, 1.54) is 12.0 Å². The van der Waals surface area contributed by atoms with Crippen LogP contribution >= 0.6 is 39.7 Å². The van der Waals surface area contributed by atoms with Crippen molar-refractivity contribution < 1.29 is 14.3 Å². The summed E-state index contributed by atoms with van der Waals surface area (Å²) in [6.07, 6.45) is 0.823. The molecule has 1 N–H and O–H groups in total. The summed E-state index contributed by atoms with van der Waals surface area (Å²) in [6, 6.07) is 11.7. The fraction of sp³-hybridized carbons (Fsp3) is 0.423. The van der Waals surface area contributed by atoms with Gasteiger partial charge in [0.1, 0.15) is 11.8 Å². The van der Waals surface area contributed by atoms with Crippen molar-refractivity contribution in [2.75, 3.05) is 63.6 Å². The molecule has 0 radical (unpaired) electrons. The lowest BCUT2D eigenvalue weighted by Gasteiger charge is -2.33. The van der Waals surface area contributed by atoms with E-state index in [1.807, 2.05) is 29.2 Å². The second-order valence-electron chi connectivity index (χ2n) is 9.24. The molecule has 2 aromatic rings. The number of carbonyl (C=O) groups excluding carboxylic acids is 2. The molecule has 0 aliphatic carbocycles. The Balaban J connectivity index is 1.49. The highest BCUT2D eigenvalue weighted by Crippen LogP contribution is 2.33. The Kier molecular flexibility index (Phi) is 9.41. The molecule has 0 aromatic heterocycles. The second-order valence-corrected chi connectivity index (χ2v) is 10.9. The third-order valence-corrected chi connectivity index (χ3v) is 7.93. The van der Waals surface area contributed by atoms with Crippen LogP contribution in [0.15, 0.2) is 46.9 Å². The minimum absolute atomic E-state index is 0.00999. The number of carbonyl (C=O) groups is 2. The molecule has 1 unspecified atom stereocenters. The Morgan fingerprint density at radius 3 is 2.49 bits per heavy atom. The number of hydrogen-bond donors (Lipinski definition) is 1. The van der Waals surface area contributed by atoms with Crippen molar-refractivity contribution in [1.29, 1.82) is 0 Å². The average molecular weight is 609 g/mol. The molecular weight excluding hydrogens is 578 g/mol. The summed E-state index contributed by atoms with van der Waals surface area (Å²) in [5, 5.41) is 3.66. The van der Waals surface area contributed by atoms with Crippen LogP contribution in [-0.2, 0) is 9.59 Å². The number of hydrogen-bond acceptors (Lipinski definition) is 6. The fourth-order valence-corrected chi connectivity index (χ4v) is 5.51. The van der Waals surface area contributed by atoms with Gasteiger partial charge in [0, 0.05) is 42.9 Å². The van der Waals surface area contributed by atoms with Crippen molar-refractivity contribution in [3.63, 3.8) is 0 Å². The van der Waals surface area contributed by atoms with Gasteiger partial charge in [-0.05, 0) is 74.7 Å². The van der Waals surface area contributed by atoms with Crippen LogP contribution in [0.5, 0.6) is 5.75 Å². The highest BCUT2D eigenvalue weighted by atomic mass is 79.9. The van der Waals surface area contributed by atoms with Crippen LogP contribution in [0.1, 0.15) is 12.8 Å². The molecule has 2 aliphatic heterocycles. The maximum Gasteiger partial charge on any atom is 0.256 e. The maximum absolute atomic E-state index is 13.6. The number of rotatable bonds is 9. The molecule has 2 saturated heterocycles. The van der Waals surface area contributed by atoms with Crippen LogP contribution in [-0.4, -0.2) is 91.1 Å². The first-order chi connectivity index (χ1) is 17.8. The summed E-state index contributed by atoms with van der Waals surface area (Å²) in [7, 11) is 3.67. The van der Waals surface area contributed by atoms with E-state index in [4.69, 9.17) is 28.6 Å². The first-order valence-electron chi connectivity index (χ1n) is 12.2. The zero-order valence-electron chi connectivity index (χ0n) is 21.0. The van der Waals surface area contributed by atoms with E-state index in [0.717, 1.165) is 43.6 Å². The zero-order valence-corrected chi connectivity index (χ0v) is 24.1. The highest BCUT2D eigenvalue weighted by Gasteiger charge is 2.44. The zero-order chi connectivity index (χ0) is 26.5. The monoisotopic (exact) mass is 607 g/mol. The standard InChI is InChI=1S/C26H31BrClN5O3S/c1-30-12-14-31(15-13-30)10-3-11-32-22(17-24(34)29-19-6-4-18(27)5-7-19)25(35)33(26(32)37)20-8-9-23(36-2)21(28)16-20/h4-9,16,22H,3,10-15,17H2,1-2H3,(H,29,34). The molecule has 37 heavy (non-hydrogen) atoms. The van der Waals surface area contributed by atoms with E-state index >= 15 is 0 Å². The van der Waals surface area contributed by atoms with Crippen LogP contribution in [0.25, 0.3) is 0 Å². The van der Waals surface area contributed by atoms with Crippen LogP contribution in [0.2, 0.25) is 5.02 Å². The Morgan fingerprint density at radius 1 is 1.14 bits per heavy atom.